The molecule has 1 aliphatic rings. The van der Waals surface area contributed by atoms with Gasteiger partial charge in [0.1, 0.15) is 5.75 Å². The summed E-state index contributed by atoms with van der Waals surface area (Å²) in [6.45, 7) is 1.19. The zero-order valence-electron chi connectivity index (χ0n) is 10.7. The lowest BCUT2D eigenvalue weighted by Crippen LogP contribution is -2.20. The molecule has 0 amide bonds. The van der Waals surface area contributed by atoms with Gasteiger partial charge in [-0.15, -0.1) is 0 Å². The summed E-state index contributed by atoms with van der Waals surface area (Å²) in [7, 11) is -0.906. The average molecular weight is 279 g/mol. The Morgan fingerprint density at radius 1 is 1.53 bits per heavy atom. The van der Waals surface area contributed by atoms with Crippen LogP contribution in [0.5, 0.6) is 5.75 Å². The maximum Gasteiger partial charge on any atom is 0.120 e. The number of hydrogen-bond acceptors (Lipinski definition) is 4. The van der Waals surface area contributed by atoms with Gasteiger partial charge >= 0.3 is 0 Å². The second-order valence-electron chi connectivity index (χ2n) is 4.43. The van der Waals surface area contributed by atoms with Crippen LogP contribution in [0.3, 0.4) is 0 Å². The van der Waals surface area contributed by atoms with Crippen molar-refractivity contribution in [1.29, 1.82) is 5.26 Å². The summed E-state index contributed by atoms with van der Waals surface area (Å²) in [5.74, 6) is 1.74. The van der Waals surface area contributed by atoms with Crippen molar-refractivity contribution in [2.24, 2.45) is 0 Å². The van der Waals surface area contributed by atoms with Crippen LogP contribution >= 0.6 is 0 Å². The van der Waals surface area contributed by atoms with Crippen LogP contribution in [-0.2, 0) is 15.5 Å². The predicted octanol–water partition coefficient (Wildman–Crippen LogP) is 1.86. The SMILES string of the molecule is N#Cc1cccc(OCCS(=O)CC2CCCO2)c1. The maximum absolute atomic E-state index is 11.8. The van der Waals surface area contributed by atoms with Crippen molar-refractivity contribution >= 4 is 10.8 Å². The van der Waals surface area contributed by atoms with Gasteiger partial charge < -0.3 is 9.47 Å². The van der Waals surface area contributed by atoms with Gasteiger partial charge in [0.05, 0.1) is 30.1 Å². The number of ether oxygens (including phenoxy) is 2. The van der Waals surface area contributed by atoms with E-state index in [0.29, 0.717) is 29.4 Å². The van der Waals surface area contributed by atoms with Gasteiger partial charge in [0.2, 0.25) is 0 Å². The van der Waals surface area contributed by atoms with E-state index >= 15 is 0 Å². The number of benzene rings is 1. The molecule has 1 aromatic carbocycles. The molecule has 1 saturated heterocycles. The first kappa shape index (κ1) is 14.0. The van der Waals surface area contributed by atoms with E-state index in [2.05, 4.69) is 6.07 Å². The molecule has 2 atom stereocenters. The highest BCUT2D eigenvalue weighted by Gasteiger charge is 2.18. The largest absolute Gasteiger partial charge is 0.493 e. The number of nitrogens with zero attached hydrogens (tertiary/aromatic N) is 1. The molecule has 0 spiro atoms. The Morgan fingerprint density at radius 3 is 3.16 bits per heavy atom. The molecule has 4 nitrogen and oxygen atoms in total. The van der Waals surface area contributed by atoms with Crippen molar-refractivity contribution < 1.29 is 13.7 Å². The Balaban J connectivity index is 1.70. The monoisotopic (exact) mass is 279 g/mol. The lowest BCUT2D eigenvalue weighted by Gasteiger charge is -2.09. The van der Waals surface area contributed by atoms with Crippen LogP contribution in [0.15, 0.2) is 24.3 Å². The molecule has 0 bridgehead atoms. The minimum atomic E-state index is -0.906. The van der Waals surface area contributed by atoms with Gasteiger partial charge in [-0.1, -0.05) is 6.07 Å². The molecule has 0 saturated carbocycles. The lowest BCUT2D eigenvalue weighted by atomic mass is 10.2. The molecule has 0 N–H and O–H groups in total. The topological polar surface area (TPSA) is 59.3 Å². The van der Waals surface area contributed by atoms with Gasteiger partial charge in [0.15, 0.2) is 0 Å². The fourth-order valence-electron chi connectivity index (χ4n) is 1.97. The zero-order chi connectivity index (χ0) is 13.5. The van der Waals surface area contributed by atoms with E-state index in [1.54, 1.807) is 24.3 Å². The molecule has 102 valence electrons. The molecule has 1 aromatic rings. The van der Waals surface area contributed by atoms with E-state index in [1.807, 2.05) is 0 Å². The number of rotatable bonds is 6. The fraction of sp³-hybridized carbons (Fsp3) is 0.500. The van der Waals surface area contributed by atoms with Crippen LogP contribution in [0, 0.1) is 11.3 Å². The summed E-state index contributed by atoms with van der Waals surface area (Å²) in [6, 6.07) is 9.04. The standard InChI is InChI=1S/C14H17NO3S/c15-10-12-3-1-4-13(9-12)18-7-8-19(16)11-14-5-2-6-17-14/h1,3-4,9,14H,2,5-8,11H2. The van der Waals surface area contributed by atoms with Crippen molar-refractivity contribution in [3.8, 4) is 11.8 Å². The van der Waals surface area contributed by atoms with Crippen molar-refractivity contribution in [2.45, 2.75) is 18.9 Å². The first-order valence-corrected chi connectivity index (χ1v) is 7.86. The van der Waals surface area contributed by atoms with E-state index in [0.717, 1.165) is 19.4 Å². The van der Waals surface area contributed by atoms with E-state index in [4.69, 9.17) is 14.7 Å². The second kappa shape index (κ2) is 7.27. The van der Waals surface area contributed by atoms with Crippen LogP contribution in [0.2, 0.25) is 0 Å². The molecule has 0 radical (unpaired) electrons. The van der Waals surface area contributed by atoms with Gasteiger partial charge in [-0.25, -0.2) is 0 Å². The molecule has 0 aliphatic carbocycles. The summed E-state index contributed by atoms with van der Waals surface area (Å²) in [5.41, 5.74) is 0.568. The highest BCUT2D eigenvalue weighted by Crippen LogP contribution is 2.14. The van der Waals surface area contributed by atoms with Gasteiger partial charge in [-0.2, -0.15) is 5.26 Å². The third kappa shape index (κ3) is 4.66. The summed E-state index contributed by atoms with van der Waals surface area (Å²) >= 11 is 0. The van der Waals surface area contributed by atoms with Gasteiger partial charge in [0, 0.05) is 23.2 Å². The van der Waals surface area contributed by atoms with Crippen LogP contribution in [0.1, 0.15) is 18.4 Å². The summed E-state index contributed by atoms with van der Waals surface area (Å²) in [4.78, 5) is 0. The first-order valence-electron chi connectivity index (χ1n) is 6.37. The molecule has 1 aliphatic heterocycles. The summed E-state index contributed by atoms with van der Waals surface area (Å²) in [5, 5.41) is 8.77. The molecule has 1 heterocycles. The van der Waals surface area contributed by atoms with E-state index in [-0.39, 0.29) is 6.10 Å². The highest BCUT2D eigenvalue weighted by molar-refractivity contribution is 7.85. The molecule has 19 heavy (non-hydrogen) atoms. The zero-order valence-corrected chi connectivity index (χ0v) is 11.5. The third-order valence-electron chi connectivity index (χ3n) is 2.94. The quantitative estimate of drug-likeness (QED) is 0.797. The highest BCUT2D eigenvalue weighted by atomic mass is 32.2. The van der Waals surface area contributed by atoms with Crippen molar-refractivity contribution in [3.05, 3.63) is 29.8 Å². The summed E-state index contributed by atoms with van der Waals surface area (Å²) < 4.78 is 22.8. The minimum Gasteiger partial charge on any atom is -0.493 e. The lowest BCUT2D eigenvalue weighted by molar-refractivity contribution is 0.128. The number of nitriles is 1. The predicted molar refractivity (Wildman–Crippen MR) is 73.5 cm³/mol. The molecule has 2 rings (SSSR count). The van der Waals surface area contributed by atoms with Gasteiger partial charge in [0.25, 0.3) is 0 Å². The molecule has 0 aromatic heterocycles. The fourth-order valence-corrected chi connectivity index (χ4v) is 3.09. The molecular formula is C14H17NO3S. The Morgan fingerprint density at radius 2 is 2.42 bits per heavy atom. The Bertz CT molecular complexity index is 478. The Kier molecular flexibility index (Phi) is 5.37. The molecule has 1 fully saturated rings. The molecule has 2 unspecified atom stereocenters. The van der Waals surface area contributed by atoms with Crippen molar-refractivity contribution in [1.82, 2.24) is 0 Å². The van der Waals surface area contributed by atoms with Crippen LogP contribution in [-0.4, -0.2) is 35.0 Å². The Labute approximate surface area is 115 Å². The van der Waals surface area contributed by atoms with Crippen LogP contribution in [0.4, 0.5) is 0 Å². The van der Waals surface area contributed by atoms with Gasteiger partial charge in [-0.05, 0) is 31.0 Å². The Hall–Kier alpha value is -1.38. The number of hydrogen-bond donors (Lipinski definition) is 0. The van der Waals surface area contributed by atoms with Crippen molar-refractivity contribution in [2.75, 3.05) is 24.7 Å². The van der Waals surface area contributed by atoms with Crippen LogP contribution < -0.4 is 4.74 Å². The third-order valence-corrected chi connectivity index (χ3v) is 4.30. The van der Waals surface area contributed by atoms with E-state index < -0.39 is 10.8 Å². The van der Waals surface area contributed by atoms with E-state index in [9.17, 15) is 4.21 Å². The second-order valence-corrected chi connectivity index (χ2v) is 6.05. The smallest absolute Gasteiger partial charge is 0.120 e. The molecule has 5 heteroatoms. The van der Waals surface area contributed by atoms with Crippen molar-refractivity contribution in [3.63, 3.8) is 0 Å². The van der Waals surface area contributed by atoms with Gasteiger partial charge in [-0.3, -0.25) is 4.21 Å². The van der Waals surface area contributed by atoms with Crippen LogP contribution in [0.25, 0.3) is 0 Å². The maximum atomic E-state index is 11.8. The molecular weight excluding hydrogens is 262 g/mol. The van der Waals surface area contributed by atoms with E-state index in [1.165, 1.54) is 0 Å². The average Bonchev–Trinajstić information content (AvgIpc) is 2.92. The summed E-state index contributed by atoms with van der Waals surface area (Å²) in [6.07, 6.45) is 2.23. The minimum absolute atomic E-state index is 0.155. The normalized spacial score (nSPS) is 19.8. The first-order chi connectivity index (χ1) is 9.28.